The highest BCUT2D eigenvalue weighted by molar-refractivity contribution is 6.07. The molecule has 33 heteroatoms. The number of pyridine rings is 4. The van der Waals surface area contributed by atoms with Crippen LogP contribution < -0.4 is 21.3 Å². The summed E-state index contributed by atoms with van der Waals surface area (Å²) >= 11 is 0. The van der Waals surface area contributed by atoms with Gasteiger partial charge >= 0.3 is 23.9 Å². The van der Waals surface area contributed by atoms with Crippen LogP contribution >= 0.6 is 0 Å². The number of likely N-dealkylation sites (tertiary alicyclic amines) is 4. The lowest BCUT2D eigenvalue weighted by Gasteiger charge is -2.35. The number of amides is 4. The molecular formula is C77H92N20O13. The number of hydrogen-bond acceptors (Lipinski definition) is 25. The van der Waals surface area contributed by atoms with E-state index >= 15 is 0 Å². The lowest BCUT2D eigenvalue weighted by molar-refractivity contribution is -0.136. The lowest BCUT2D eigenvalue weighted by Crippen LogP contribution is -2.47. The first-order valence-electron chi connectivity index (χ1n) is 37.2. The Hall–Kier alpha value is -12.4. The average Bonchev–Trinajstić information content (AvgIpc) is 1.62. The van der Waals surface area contributed by atoms with Crippen LogP contribution in [-0.2, 0) is 42.9 Å². The largest absolute Gasteiger partial charge is 0.462 e. The Labute approximate surface area is 635 Å². The van der Waals surface area contributed by atoms with Crippen molar-refractivity contribution in [1.82, 2.24) is 59.5 Å². The molecule has 0 bridgehead atoms. The number of H-pyrrole nitrogens is 4. The zero-order valence-corrected chi connectivity index (χ0v) is 62.4. The summed E-state index contributed by atoms with van der Waals surface area (Å²) in [6, 6.07) is 15.3. The van der Waals surface area contributed by atoms with Gasteiger partial charge in [-0.1, -0.05) is 6.92 Å². The van der Waals surface area contributed by atoms with Crippen molar-refractivity contribution in [3.8, 4) is 24.3 Å². The number of nitrogens with one attached hydrogen (secondary N) is 8. The molecule has 4 amide bonds. The molecule has 1 unspecified atom stereocenters. The van der Waals surface area contributed by atoms with Gasteiger partial charge in [0.1, 0.15) is 75.6 Å². The van der Waals surface area contributed by atoms with Crippen LogP contribution in [0.25, 0.3) is 44.1 Å². The Kier molecular flexibility index (Phi) is 28.0. The molecule has 5 atom stereocenters. The molecule has 1 saturated carbocycles. The zero-order chi connectivity index (χ0) is 78.3. The molecule has 8 aromatic rings. The first kappa shape index (κ1) is 80.2. The summed E-state index contributed by atoms with van der Waals surface area (Å²) in [6.45, 7) is 13.0. The van der Waals surface area contributed by atoms with Crippen LogP contribution in [0.15, 0.2) is 73.8 Å². The molecule has 110 heavy (non-hydrogen) atoms. The molecule has 0 spiro atoms. The Morgan fingerprint density at radius 3 is 1.15 bits per heavy atom. The molecule has 0 radical (unpaired) electrons. The second-order valence-electron chi connectivity index (χ2n) is 27.2. The van der Waals surface area contributed by atoms with Crippen LogP contribution in [0.1, 0.15) is 153 Å². The summed E-state index contributed by atoms with van der Waals surface area (Å²) in [7, 11) is 1.54. The number of aromatic amines is 4. The third-order valence-electron chi connectivity index (χ3n) is 19.5. The number of fused-ring (bicyclic) bond motifs is 4. The average molecular weight is 1510 g/mol. The first-order chi connectivity index (χ1) is 53.4. The van der Waals surface area contributed by atoms with Gasteiger partial charge in [-0.2, -0.15) is 21.0 Å². The predicted molar refractivity (Wildman–Crippen MR) is 404 cm³/mol. The number of carbonyl (C=O) groups is 8. The van der Waals surface area contributed by atoms with Gasteiger partial charge in [0.25, 0.3) is 0 Å². The van der Waals surface area contributed by atoms with Gasteiger partial charge in [-0.15, -0.1) is 0 Å². The summed E-state index contributed by atoms with van der Waals surface area (Å²) in [6.07, 6.45) is 21.7. The van der Waals surface area contributed by atoms with Crippen LogP contribution in [0.3, 0.4) is 0 Å². The number of carbonyl (C=O) groups excluding carboxylic acids is 8. The smallest absolute Gasteiger partial charge is 0.341 e. The molecule has 4 saturated heterocycles. The highest BCUT2D eigenvalue weighted by atomic mass is 16.6. The van der Waals surface area contributed by atoms with Gasteiger partial charge in [-0.25, -0.2) is 39.1 Å². The number of nitrogens with zero attached hydrogens (tertiary/aromatic N) is 12. The Balaban J connectivity index is 0.000000156. The molecule has 8 N–H and O–H groups in total. The quantitative estimate of drug-likeness (QED) is 0.0168. The van der Waals surface area contributed by atoms with E-state index in [0.29, 0.717) is 146 Å². The van der Waals surface area contributed by atoms with Gasteiger partial charge in [-0.3, -0.25) is 19.2 Å². The summed E-state index contributed by atoms with van der Waals surface area (Å²) in [5, 5.41) is 52.8. The minimum atomic E-state index is -0.803. The maximum absolute atomic E-state index is 12.7. The van der Waals surface area contributed by atoms with Gasteiger partial charge < -0.3 is 84.5 Å². The molecule has 1 aliphatic carbocycles. The van der Waals surface area contributed by atoms with Gasteiger partial charge in [-0.05, 0) is 116 Å². The first-order valence-corrected chi connectivity index (χ1v) is 37.2. The highest BCUT2D eigenvalue weighted by Gasteiger charge is 2.53. The summed E-state index contributed by atoms with van der Waals surface area (Å²) in [5.74, 6) is -2.96. The van der Waals surface area contributed by atoms with E-state index in [1.54, 1.807) is 65.2 Å². The Morgan fingerprint density at radius 2 is 0.827 bits per heavy atom. The Bertz CT molecular complexity index is 4780. The van der Waals surface area contributed by atoms with Crippen molar-refractivity contribution in [1.29, 1.82) is 21.0 Å². The fourth-order valence-corrected chi connectivity index (χ4v) is 13.8. The van der Waals surface area contributed by atoms with Crippen molar-refractivity contribution in [3.05, 3.63) is 96.1 Å². The van der Waals surface area contributed by atoms with Gasteiger partial charge in [0.05, 0.1) is 73.5 Å². The Morgan fingerprint density at radius 1 is 0.491 bits per heavy atom. The molecule has 5 fully saturated rings. The zero-order valence-electron chi connectivity index (χ0n) is 62.4. The van der Waals surface area contributed by atoms with E-state index in [1.165, 1.54) is 31.9 Å². The highest BCUT2D eigenvalue weighted by Crippen LogP contribution is 2.47. The van der Waals surface area contributed by atoms with Gasteiger partial charge in [0, 0.05) is 155 Å². The van der Waals surface area contributed by atoms with E-state index in [-0.39, 0.29) is 80.5 Å². The molecule has 12 heterocycles. The molecule has 5 aliphatic rings. The van der Waals surface area contributed by atoms with Crippen LogP contribution in [-0.4, -0.2) is 224 Å². The molecule has 13 rings (SSSR count). The molecule has 4 aliphatic heterocycles. The second kappa shape index (κ2) is 38.4. The van der Waals surface area contributed by atoms with Crippen LogP contribution in [0, 0.1) is 56.7 Å². The summed E-state index contributed by atoms with van der Waals surface area (Å²) < 4.78 is 25.8. The van der Waals surface area contributed by atoms with Crippen molar-refractivity contribution >= 4 is 114 Å². The number of aromatic nitrogens is 8. The number of anilines is 4. The number of nitriles is 4. The van der Waals surface area contributed by atoms with Crippen molar-refractivity contribution in [2.45, 2.75) is 135 Å². The van der Waals surface area contributed by atoms with Crippen LogP contribution in [0.4, 0.5) is 22.7 Å². The maximum Gasteiger partial charge on any atom is 0.341 e. The topological polar surface area (TPSA) is 454 Å². The summed E-state index contributed by atoms with van der Waals surface area (Å²) in [5.41, 5.74) is 6.00. The number of rotatable bonds is 23. The normalized spacial score (nSPS) is 17.9. The minimum absolute atomic E-state index is 0.0131. The SMILES string of the molecule is CCCOC(=O)c1cnc2[nH]ccc2c1N[C@@H]1CCCN(C(=O)CC#N)C1.CCOC(=O)c1cnc2[nH]ccc2c1N[C@@H]1CCCN(C(=O)C(C)C#N)C1.CCOC(=O)c1cnc2[nH]ccc2c1N[C@@H]1CCCN(C(=O)C2(C#N)CC2)C1.COCCOC(=O)c1cnc2[nH]ccc2c1N[C@@H]1CCCN(C(=O)CC#N)C1. The van der Waals surface area contributed by atoms with Crippen molar-refractivity contribution in [2.24, 2.45) is 11.3 Å². The second-order valence-corrected chi connectivity index (χ2v) is 27.2. The molecular weight excluding hydrogens is 1410 g/mol. The predicted octanol–water partition coefficient (Wildman–Crippen LogP) is 8.88. The van der Waals surface area contributed by atoms with Crippen LogP contribution in [0.5, 0.6) is 0 Å². The van der Waals surface area contributed by atoms with E-state index in [9.17, 15) is 43.6 Å². The fraction of sp³-hybridized carbons (Fsp3) is 0.481. The molecule has 33 nitrogen and oxygen atoms in total. The fourth-order valence-electron chi connectivity index (χ4n) is 13.8. The number of piperidine rings is 4. The van der Waals surface area contributed by atoms with Crippen LogP contribution in [0.2, 0.25) is 0 Å². The van der Waals surface area contributed by atoms with Gasteiger partial charge in [0.2, 0.25) is 23.6 Å². The van der Waals surface area contributed by atoms with Gasteiger partial charge in [0.15, 0.2) is 0 Å². The van der Waals surface area contributed by atoms with Crippen molar-refractivity contribution < 1.29 is 62.0 Å². The van der Waals surface area contributed by atoms with Crippen molar-refractivity contribution in [2.75, 3.05) is 114 Å². The monoisotopic (exact) mass is 1500 g/mol. The third kappa shape index (κ3) is 19.7. The molecule has 578 valence electrons. The van der Waals surface area contributed by atoms with Crippen molar-refractivity contribution in [3.63, 3.8) is 0 Å². The van der Waals surface area contributed by atoms with E-state index in [2.05, 4.69) is 67.2 Å². The minimum Gasteiger partial charge on any atom is -0.462 e. The third-order valence-corrected chi connectivity index (χ3v) is 19.5. The number of hydrogen-bond donors (Lipinski definition) is 8. The standard InChI is InChI=1S/C20H23N5O3.C19H23N5O4.2C19H23N5O3/c1-2-28-18(26)15-10-23-17-14(5-8-22-17)16(15)24-13-4-3-9-25(11-13)19(27)20(12-21)6-7-20;1-27-9-10-28-19(26)15-11-22-18-14(5-7-21-18)17(15)23-13-3-2-8-24(12-13)16(25)4-6-20;1-3-27-19(26)15-10-22-17-14(6-7-21-17)16(15)23-13-5-4-8-24(11-13)18(25)12(2)9-20;1-2-10-27-19(26)15-11-22-18-14(6-8-21-18)17(15)23-13-4-3-9-24(12-13)16(25)5-7-20/h5,8,10,13H,2-4,6-7,9,11H2,1H3,(H2,22,23,24);5,7,11,13H,2-4,8-10,12H2,1H3,(H2,21,22,23);6-7,10,12-13H,3-5,8,11H2,1-2H3,(H2,21,22,23);6,8,11,13H,2-5,9-10,12H2,1H3,(H2,21,22,23)/t2*13-;12?,13-;13-/m1111/s1. The lowest BCUT2D eigenvalue weighted by atomic mass is 10.0. The van der Waals surface area contributed by atoms with E-state index in [4.69, 9.17) is 39.5 Å². The molecule has 8 aromatic heterocycles. The number of methoxy groups -OCH3 is 1. The van der Waals surface area contributed by atoms with E-state index < -0.39 is 35.2 Å². The number of esters is 4. The van der Waals surface area contributed by atoms with E-state index in [1.807, 2.05) is 49.4 Å². The maximum atomic E-state index is 12.7. The number of ether oxygens (including phenoxy) is 5. The molecule has 0 aromatic carbocycles. The summed E-state index contributed by atoms with van der Waals surface area (Å²) in [4.78, 5) is 135. The van der Waals surface area contributed by atoms with E-state index in [0.717, 1.165) is 79.3 Å².